The monoisotopic (exact) mass is 338 g/mol. The van der Waals surface area contributed by atoms with Crippen LogP contribution in [-0.4, -0.2) is 34.4 Å². The van der Waals surface area contributed by atoms with E-state index in [-0.39, 0.29) is 18.3 Å². The number of anilines is 1. The minimum Gasteiger partial charge on any atom is -0.455 e. The number of esters is 1. The van der Waals surface area contributed by atoms with Gasteiger partial charge in [0.2, 0.25) is 5.13 Å². The maximum absolute atomic E-state index is 11.6. The van der Waals surface area contributed by atoms with Crippen molar-refractivity contribution in [2.24, 2.45) is 0 Å². The molecule has 0 saturated heterocycles. The van der Waals surface area contributed by atoms with Crippen molar-refractivity contribution in [3.8, 4) is 0 Å². The van der Waals surface area contributed by atoms with Crippen molar-refractivity contribution in [1.29, 1.82) is 0 Å². The lowest BCUT2D eigenvalue weighted by molar-refractivity contribution is -0.145. The molecule has 22 heavy (non-hydrogen) atoms. The Bertz CT molecular complexity index is 633. The molecular weight excluding hydrogens is 324 g/mol. The highest BCUT2D eigenvalue weighted by molar-refractivity contribution is 8.01. The average molecular weight is 338 g/mol. The second-order valence-corrected chi connectivity index (χ2v) is 6.35. The van der Waals surface area contributed by atoms with Crippen LogP contribution >= 0.6 is 23.1 Å². The van der Waals surface area contributed by atoms with Gasteiger partial charge in [-0.25, -0.2) is 0 Å². The number of nitrogen functional groups attached to an aromatic ring is 1. The summed E-state index contributed by atoms with van der Waals surface area (Å²) in [5.74, 6) is -0.781. The maximum atomic E-state index is 11.6. The van der Waals surface area contributed by atoms with Gasteiger partial charge < -0.3 is 15.8 Å². The molecule has 2 rings (SSSR count). The van der Waals surface area contributed by atoms with Gasteiger partial charge in [0, 0.05) is 6.54 Å². The van der Waals surface area contributed by atoms with E-state index in [1.807, 2.05) is 30.3 Å². The minimum atomic E-state index is -0.492. The fourth-order valence-corrected chi connectivity index (χ4v) is 2.87. The van der Waals surface area contributed by atoms with Crippen LogP contribution in [0.15, 0.2) is 34.7 Å². The zero-order valence-electron chi connectivity index (χ0n) is 11.5. The molecule has 1 aromatic carbocycles. The molecule has 1 aromatic heterocycles. The summed E-state index contributed by atoms with van der Waals surface area (Å²) in [6.07, 6.45) is 0. The summed E-state index contributed by atoms with van der Waals surface area (Å²) >= 11 is 2.36. The number of aromatic nitrogens is 2. The third-order valence-electron chi connectivity index (χ3n) is 2.43. The summed E-state index contributed by atoms with van der Waals surface area (Å²) in [6.45, 7) is 0.0977. The second-order valence-electron chi connectivity index (χ2n) is 4.12. The lowest BCUT2D eigenvalue weighted by Gasteiger charge is -2.06. The predicted molar refractivity (Wildman–Crippen MR) is 84.3 cm³/mol. The van der Waals surface area contributed by atoms with Crippen LogP contribution in [0.5, 0.6) is 0 Å². The van der Waals surface area contributed by atoms with Gasteiger partial charge in [0.1, 0.15) is 0 Å². The van der Waals surface area contributed by atoms with Gasteiger partial charge in [-0.15, -0.1) is 10.2 Å². The summed E-state index contributed by atoms with van der Waals surface area (Å²) in [5, 5.41) is 10.4. The smallest absolute Gasteiger partial charge is 0.316 e. The topological polar surface area (TPSA) is 107 Å². The molecule has 0 atom stereocenters. The van der Waals surface area contributed by atoms with Gasteiger partial charge in [-0.1, -0.05) is 53.4 Å². The van der Waals surface area contributed by atoms with E-state index >= 15 is 0 Å². The van der Waals surface area contributed by atoms with Crippen molar-refractivity contribution >= 4 is 40.1 Å². The number of amides is 1. The minimum absolute atomic E-state index is 0.0561. The zero-order chi connectivity index (χ0) is 15.8. The van der Waals surface area contributed by atoms with Crippen LogP contribution < -0.4 is 11.1 Å². The molecule has 1 heterocycles. The van der Waals surface area contributed by atoms with Crippen LogP contribution in [0.3, 0.4) is 0 Å². The summed E-state index contributed by atoms with van der Waals surface area (Å²) in [6, 6.07) is 9.47. The molecule has 0 aliphatic carbocycles. The number of ether oxygens (including phenoxy) is 1. The van der Waals surface area contributed by atoms with E-state index in [1.165, 1.54) is 23.1 Å². The van der Waals surface area contributed by atoms with Crippen LogP contribution in [0.25, 0.3) is 0 Å². The van der Waals surface area contributed by atoms with E-state index < -0.39 is 5.97 Å². The summed E-state index contributed by atoms with van der Waals surface area (Å²) in [4.78, 5) is 23.1. The Balaban J connectivity index is 1.62. The van der Waals surface area contributed by atoms with Crippen molar-refractivity contribution in [2.45, 2.75) is 10.9 Å². The molecule has 116 valence electrons. The summed E-state index contributed by atoms with van der Waals surface area (Å²) in [7, 11) is 0. The number of benzene rings is 1. The number of nitrogens with one attached hydrogen (secondary N) is 1. The van der Waals surface area contributed by atoms with E-state index in [4.69, 9.17) is 10.5 Å². The highest BCUT2D eigenvalue weighted by Gasteiger charge is 2.10. The number of hydrogen-bond donors (Lipinski definition) is 2. The van der Waals surface area contributed by atoms with Crippen LogP contribution in [0, 0.1) is 0 Å². The zero-order valence-corrected chi connectivity index (χ0v) is 13.2. The van der Waals surface area contributed by atoms with Crippen LogP contribution in [-0.2, 0) is 20.9 Å². The van der Waals surface area contributed by atoms with Gasteiger partial charge in [0.25, 0.3) is 5.91 Å². The molecular formula is C13H14N4O3S2. The van der Waals surface area contributed by atoms with Crippen LogP contribution in [0.1, 0.15) is 5.56 Å². The van der Waals surface area contributed by atoms with Crippen molar-refractivity contribution in [3.63, 3.8) is 0 Å². The first-order valence-corrected chi connectivity index (χ1v) is 8.11. The van der Waals surface area contributed by atoms with Crippen molar-refractivity contribution in [2.75, 3.05) is 18.1 Å². The average Bonchev–Trinajstić information content (AvgIpc) is 2.95. The lowest BCUT2D eigenvalue weighted by atomic mass is 10.2. The third kappa shape index (κ3) is 5.70. The Hall–Kier alpha value is -2.13. The molecule has 0 saturated carbocycles. The van der Waals surface area contributed by atoms with Gasteiger partial charge in [0.05, 0.1) is 5.75 Å². The second kappa shape index (κ2) is 8.35. The SMILES string of the molecule is Nc1nnc(SCC(=O)OCC(=O)NCc2ccccc2)s1. The first kappa shape index (κ1) is 16.2. The normalized spacial score (nSPS) is 10.2. The molecule has 3 N–H and O–H groups in total. The Morgan fingerprint density at radius 2 is 2.05 bits per heavy atom. The van der Waals surface area contributed by atoms with Gasteiger partial charge in [0.15, 0.2) is 10.9 Å². The predicted octanol–water partition coefficient (Wildman–Crippen LogP) is 1.07. The Morgan fingerprint density at radius 3 is 2.73 bits per heavy atom. The molecule has 0 fully saturated rings. The maximum Gasteiger partial charge on any atom is 0.316 e. The third-order valence-corrected chi connectivity index (χ3v) is 4.29. The van der Waals surface area contributed by atoms with Crippen molar-refractivity contribution < 1.29 is 14.3 Å². The summed E-state index contributed by atoms with van der Waals surface area (Å²) < 4.78 is 5.46. The van der Waals surface area contributed by atoms with E-state index in [2.05, 4.69) is 15.5 Å². The Morgan fingerprint density at radius 1 is 1.27 bits per heavy atom. The Labute approximate surface area is 135 Å². The van der Waals surface area contributed by atoms with Crippen LogP contribution in [0.2, 0.25) is 0 Å². The number of hydrogen-bond acceptors (Lipinski definition) is 8. The number of nitrogens with two attached hydrogens (primary N) is 1. The molecule has 0 spiro atoms. The van der Waals surface area contributed by atoms with E-state index in [1.54, 1.807) is 0 Å². The number of carbonyl (C=O) groups is 2. The van der Waals surface area contributed by atoms with Gasteiger partial charge in [-0.3, -0.25) is 9.59 Å². The Kier molecular flexibility index (Phi) is 6.16. The highest BCUT2D eigenvalue weighted by atomic mass is 32.2. The molecule has 7 nitrogen and oxygen atoms in total. The number of rotatable bonds is 7. The standard InChI is InChI=1S/C13H14N4O3S2/c14-12-16-17-13(22-12)21-8-11(19)20-7-10(18)15-6-9-4-2-1-3-5-9/h1-5H,6-8H2,(H2,14,16)(H,15,18). The van der Waals surface area contributed by atoms with Crippen molar-refractivity contribution in [1.82, 2.24) is 15.5 Å². The van der Waals surface area contributed by atoms with E-state index in [9.17, 15) is 9.59 Å². The first-order valence-electron chi connectivity index (χ1n) is 6.31. The molecule has 1 amide bonds. The lowest BCUT2D eigenvalue weighted by Crippen LogP contribution is -2.28. The fourth-order valence-electron chi connectivity index (χ4n) is 1.43. The molecule has 0 bridgehead atoms. The number of thioether (sulfide) groups is 1. The van der Waals surface area contributed by atoms with Crippen LogP contribution in [0.4, 0.5) is 5.13 Å². The van der Waals surface area contributed by atoms with Gasteiger partial charge in [-0.05, 0) is 5.56 Å². The summed E-state index contributed by atoms with van der Waals surface area (Å²) in [5.41, 5.74) is 6.41. The van der Waals surface area contributed by atoms with E-state index in [0.29, 0.717) is 16.0 Å². The molecule has 0 radical (unpaired) electrons. The number of nitrogens with zero attached hydrogens (tertiary/aromatic N) is 2. The molecule has 2 aromatic rings. The molecule has 0 aliphatic rings. The van der Waals surface area contributed by atoms with E-state index in [0.717, 1.165) is 5.56 Å². The molecule has 0 unspecified atom stereocenters. The first-order chi connectivity index (χ1) is 10.6. The quantitative estimate of drug-likeness (QED) is 0.574. The fraction of sp³-hybridized carbons (Fsp3) is 0.231. The molecule has 9 heteroatoms. The van der Waals surface area contributed by atoms with Gasteiger partial charge in [-0.2, -0.15) is 0 Å². The largest absolute Gasteiger partial charge is 0.455 e. The van der Waals surface area contributed by atoms with Gasteiger partial charge >= 0.3 is 5.97 Å². The number of carbonyl (C=O) groups excluding carboxylic acids is 2. The molecule has 0 aliphatic heterocycles. The highest BCUT2D eigenvalue weighted by Crippen LogP contribution is 2.23. The van der Waals surface area contributed by atoms with Crippen molar-refractivity contribution in [3.05, 3.63) is 35.9 Å².